The second-order valence-corrected chi connectivity index (χ2v) is 8.55. The van der Waals surface area contributed by atoms with Gasteiger partial charge in [0.05, 0.1) is 0 Å². The summed E-state index contributed by atoms with van der Waals surface area (Å²) in [6, 6.07) is 15.1. The van der Waals surface area contributed by atoms with E-state index in [2.05, 4.69) is 10.2 Å². The largest absolute Gasteiger partial charge is 0.339 e. The van der Waals surface area contributed by atoms with Crippen LogP contribution in [0.1, 0.15) is 54.4 Å². The maximum Gasteiger partial charge on any atom is 0.255 e. The molecule has 1 aliphatic carbocycles. The molecule has 0 radical (unpaired) electrons. The standard InChI is InChI=1S/C24H27ClN2O2/c25-22-16-20(26-23(28)17-7-3-1-4-8-17)12-11-18(22)15-19-13-14-27(24(19)29)21-9-5-2-6-10-21/h1,3-4,7-8,11-12,16,19,21H,2,5-6,9-10,13-15H2,(H,26,28). The van der Waals surface area contributed by atoms with Crippen LogP contribution in [0.15, 0.2) is 48.5 Å². The second-order valence-electron chi connectivity index (χ2n) is 8.14. The molecule has 1 saturated heterocycles. The van der Waals surface area contributed by atoms with Gasteiger partial charge in [-0.1, -0.05) is 55.1 Å². The number of anilines is 1. The molecule has 4 rings (SSSR count). The van der Waals surface area contributed by atoms with Crippen molar-refractivity contribution in [2.24, 2.45) is 5.92 Å². The average Bonchev–Trinajstić information content (AvgIpc) is 3.11. The van der Waals surface area contributed by atoms with Crippen molar-refractivity contribution in [3.05, 3.63) is 64.7 Å². The van der Waals surface area contributed by atoms with Crippen LogP contribution in [-0.4, -0.2) is 29.3 Å². The Morgan fingerprint density at radius 3 is 2.52 bits per heavy atom. The predicted molar refractivity (Wildman–Crippen MR) is 116 cm³/mol. The van der Waals surface area contributed by atoms with Gasteiger partial charge in [0.1, 0.15) is 0 Å². The summed E-state index contributed by atoms with van der Waals surface area (Å²) < 4.78 is 0. The van der Waals surface area contributed by atoms with Crippen molar-refractivity contribution >= 4 is 29.1 Å². The molecular weight excluding hydrogens is 384 g/mol. The highest BCUT2D eigenvalue weighted by Crippen LogP contribution is 2.32. The number of rotatable bonds is 5. The van der Waals surface area contributed by atoms with Crippen LogP contribution in [0.3, 0.4) is 0 Å². The van der Waals surface area contributed by atoms with Crippen molar-refractivity contribution in [2.45, 2.75) is 51.0 Å². The van der Waals surface area contributed by atoms with E-state index in [9.17, 15) is 9.59 Å². The monoisotopic (exact) mass is 410 g/mol. The third-order valence-corrected chi connectivity index (χ3v) is 6.53. The zero-order valence-electron chi connectivity index (χ0n) is 16.6. The minimum atomic E-state index is -0.163. The molecule has 5 heteroatoms. The summed E-state index contributed by atoms with van der Waals surface area (Å²) >= 11 is 6.49. The fourth-order valence-electron chi connectivity index (χ4n) is 4.56. The summed E-state index contributed by atoms with van der Waals surface area (Å²) in [6.07, 6.45) is 7.63. The molecule has 2 aliphatic rings. The second kappa shape index (κ2) is 9.00. The zero-order chi connectivity index (χ0) is 20.2. The van der Waals surface area contributed by atoms with Gasteiger partial charge in [0.2, 0.25) is 5.91 Å². The van der Waals surface area contributed by atoms with Gasteiger partial charge in [-0.05, 0) is 55.5 Å². The summed E-state index contributed by atoms with van der Waals surface area (Å²) in [5, 5.41) is 3.48. The number of hydrogen-bond acceptors (Lipinski definition) is 2. The number of amides is 2. The highest BCUT2D eigenvalue weighted by atomic mass is 35.5. The highest BCUT2D eigenvalue weighted by molar-refractivity contribution is 6.31. The Balaban J connectivity index is 1.38. The van der Waals surface area contributed by atoms with E-state index in [1.54, 1.807) is 18.2 Å². The van der Waals surface area contributed by atoms with E-state index in [4.69, 9.17) is 11.6 Å². The third kappa shape index (κ3) is 4.64. The Hall–Kier alpha value is -2.33. The number of carbonyl (C=O) groups excluding carboxylic acids is 2. The quantitative estimate of drug-likeness (QED) is 0.725. The number of likely N-dealkylation sites (tertiary alicyclic amines) is 1. The normalized spacial score (nSPS) is 20.1. The zero-order valence-corrected chi connectivity index (χ0v) is 17.3. The van der Waals surface area contributed by atoms with Crippen LogP contribution < -0.4 is 5.32 Å². The molecule has 0 aromatic heterocycles. The molecule has 0 spiro atoms. The number of carbonyl (C=O) groups is 2. The Morgan fingerprint density at radius 1 is 1.03 bits per heavy atom. The number of hydrogen-bond donors (Lipinski definition) is 1. The summed E-state index contributed by atoms with van der Waals surface area (Å²) in [6.45, 7) is 0.872. The molecule has 2 aromatic carbocycles. The Labute approximate surface area is 177 Å². The lowest BCUT2D eigenvalue weighted by atomic mass is 9.94. The fraction of sp³-hybridized carbons (Fsp3) is 0.417. The average molecular weight is 411 g/mol. The maximum absolute atomic E-state index is 12.9. The lowest BCUT2D eigenvalue weighted by Crippen LogP contribution is -2.39. The maximum atomic E-state index is 12.9. The molecule has 1 aliphatic heterocycles. The molecule has 1 heterocycles. The summed E-state index contributed by atoms with van der Waals surface area (Å²) in [4.78, 5) is 27.3. The van der Waals surface area contributed by atoms with Crippen LogP contribution in [0.25, 0.3) is 0 Å². The molecule has 4 nitrogen and oxygen atoms in total. The first-order valence-corrected chi connectivity index (χ1v) is 10.9. The summed E-state index contributed by atoms with van der Waals surface area (Å²) in [7, 11) is 0. The first-order valence-electron chi connectivity index (χ1n) is 10.6. The van der Waals surface area contributed by atoms with E-state index in [0.717, 1.165) is 31.4 Å². The van der Waals surface area contributed by atoms with Gasteiger partial charge in [-0.15, -0.1) is 0 Å². The highest BCUT2D eigenvalue weighted by Gasteiger charge is 2.36. The SMILES string of the molecule is O=C(Nc1ccc(CC2CCN(C3CCCCC3)C2=O)c(Cl)c1)c1ccccc1. The molecule has 1 unspecified atom stereocenters. The van der Waals surface area contributed by atoms with Gasteiger partial charge < -0.3 is 10.2 Å². The number of nitrogens with one attached hydrogen (secondary N) is 1. The van der Waals surface area contributed by atoms with Crippen LogP contribution in [0.5, 0.6) is 0 Å². The summed E-state index contributed by atoms with van der Waals surface area (Å²) in [5.41, 5.74) is 2.23. The molecule has 29 heavy (non-hydrogen) atoms. The van der Waals surface area contributed by atoms with E-state index in [-0.39, 0.29) is 17.7 Å². The van der Waals surface area contributed by atoms with Crippen LogP contribution in [0.4, 0.5) is 5.69 Å². The van der Waals surface area contributed by atoms with Crippen LogP contribution in [-0.2, 0) is 11.2 Å². The van der Waals surface area contributed by atoms with Crippen molar-refractivity contribution in [1.29, 1.82) is 0 Å². The van der Waals surface area contributed by atoms with Gasteiger partial charge in [0.15, 0.2) is 0 Å². The summed E-state index contributed by atoms with van der Waals surface area (Å²) in [5.74, 6) is 0.136. The topological polar surface area (TPSA) is 49.4 Å². The van der Waals surface area contributed by atoms with Crippen molar-refractivity contribution < 1.29 is 9.59 Å². The van der Waals surface area contributed by atoms with E-state index < -0.39 is 0 Å². The van der Waals surface area contributed by atoms with Gasteiger partial charge in [-0.2, -0.15) is 0 Å². The van der Waals surface area contributed by atoms with E-state index in [0.29, 0.717) is 28.7 Å². The van der Waals surface area contributed by atoms with E-state index >= 15 is 0 Å². The molecular formula is C24H27ClN2O2. The Kier molecular flexibility index (Phi) is 6.19. The van der Waals surface area contributed by atoms with E-state index in [1.165, 1.54) is 19.3 Å². The molecule has 0 bridgehead atoms. The molecule has 152 valence electrons. The van der Waals surface area contributed by atoms with Crippen molar-refractivity contribution in [3.8, 4) is 0 Å². The minimum absolute atomic E-state index is 0.0131. The van der Waals surface area contributed by atoms with E-state index in [1.807, 2.05) is 30.3 Å². The lowest BCUT2D eigenvalue weighted by Gasteiger charge is -2.31. The minimum Gasteiger partial charge on any atom is -0.339 e. The molecule has 1 saturated carbocycles. The Bertz CT molecular complexity index is 878. The van der Waals surface area contributed by atoms with Gasteiger partial charge in [-0.3, -0.25) is 9.59 Å². The molecule has 1 N–H and O–H groups in total. The van der Waals surface area contributed by atoms with Gasteiger partial charge >= 0.3 is 0 Å². The third-order valence-electron chi connectivity index (χ3n) is 6.18. The first-order chi connectivity index (χ1) is 14.1. The van der Waals surface area contributed by atoms with Gasteiger partial charge in [0.25, 0.3) is 5.91 Å². The number of nitrogens with zero attached hydrogens (tertiary/aromatic N) is 1. The lowest BCUT2D eigenvalue weighted by molar-refractivity contribution is -0.133. The smallest absolute Gasteiger partial charge is 0.255 e. The first kappa shape index (κ1) is 20.0. The molecule has 2 amide bonds. The fourth-order valence-corrected chi connectivity index (χ4v) is 4.81. The Morgan fingerprint density at radius 2 is 1.79 bits per heavy atom. The van der Waals surface area contributed by atoms with Crippen LogP contribution in [0, 0.1) is 5.92 Å². The van der Waals surface area contributed by atoms with Crippen LogP contribution in [0.2, 0.25) is 5.02 Å². The molecule has 1 atom stereocenters. The molecule has 2 aromatic rings. The van der Waals surface area contributed by atoms with Gasteiger partial charge in [-0.25, -0.2) is 0 Å². The van der Waals surface area contributed by atoms with Crippen LogP contribution >= 0.6 is 11.6 Å². The number of benzene rings is 2. The van der Waals surface area contributed by atoms with Crippen molar-refractivity contribution in [2.75, 3.05) is 11.9 Å². The predicted octanol–water partition coefficient (Wildman–Crippen LogP) is 5.32. The number of halogens is 1. The van der Waals surface area contributed by atoms with Crippen molar-refractivity contribution in [1.82, 2.24) is 4.90 Å². The van der Waals surface area contributed by atoms with Crippen molar-refractivity contribution in [3.63, 3.8) is 0 Å². The molecule has 2 fully saturated rings. The van der Waals surface area contributed by atoms with Gasteiger partial charge in [0, 0.05) is 34.8 Å².